The summed E-state index contributed by atoms with van der Waals surface area (Å²) in [5.74, 6) is -0.906. The number of esters is 1. The molecule has 0 aliphatic heterocycles. The Morgan fingerprint density at radius 3 is 2.56 bits per heavy atom. The average Bonchev–Trinajstić information content (AvgIpc) is 2.84. The van der Waals surface area contributed by atoms with Crippen molar-refractivity contribution >= 4 is 18.0 Å². The molecule has 0 bridgehead atoms. The van der Waals surface area contributed by atoms with Gasteiger partial charge in [-0.15, -0.1) is 0 Å². The van der Waals surface area contributed by atoms with E-state index in [4.69, 9.17) is 4.74 Å². The van der Waals surface area contributed by atoms with Gasteiger partial charge in [-0.1, -0.05) is 30.3 Å². The van der Waals surface area contributed by atoms with Crippen LogP contribution in [0.25, 0.3) is 6.08 Å². The Bertz CT molecular complexity index is 779. The molecule has 2 aromatic rings. The molecule has 1 N–H and O–H groups in total. The Morgan fingerprint density at radius 2 is 1.96 bits per heavy atom. The van der Waals surface area contributed by atoms with Crippen LogP contribution >= 0.6 is 0 Å². The maximum atomic E-state index is 11.9. The highest BCUT2D eigenvalue weighted by Crippen LogP contribution is 2.13. The molecule has 0 fully saturated rings. The van der Waals surface area contributed by atoms with E-state index in [9.17, 15) is 9.59 Å². The molecule has 0 saturated carbocycles. The largest absolute Gasteiger partial charge is 0.452 e. The van der Waals surface area contributed by atoms with Gasteiger partial charge in [-0.05, 0) is 32.4 Å². The monoisotopic (exact) mass is 341 g/mol. The number of rotatable bonds is 6. The summed E-state index contributed by atoms with van der Waals surface area (Å²) >= 11 is 0. The van der Waals surface area contributed by atoms with Gasteiger partial charge in [0.05, 0.1) is 11.7 Å². The fourth-order valence-corrected chi connectivity index (χ4v) is 2.48. The van der Waals surface area contributed by atoms with E-state index in [0.717, 1.165) is 22.5 Å². The highest BCUT2D eigenvalue weighted by molar-refractivity contribution is 5.89. The van der Waals surface area contributed by atoms with Gasteiger partial charge in [-0.25, -0.2) is 4.79 Å². The zero-order chi connectivity index (χ0) is 18.4. The second-order valence-electron chi connectivity index (χ2n) is 5.85. The van der Waals surface area contributed by atoms with Crippen molar-refractivity contribution in [1.82, 2.24) is 15.1 Å². The van der Waals surface area contributed by atoms with Crippen LogP contribution in [0.5, 0.6) is 0 Å². The fraction of sp³-hybridized carbons (Fsp3) is 0.316. The van der Waals surface area contributed by atoms with Gasteiger partial charge in [-0.3, -0.25) is 9.48 Å². The standard InChI is InChI=1S/C19H23N3O3/c1-13(16-8-6-5-7-9-16)20-18(23)12-25-19(24)11-10-17-14(2)21-22(4)15(17)3/h5-11,13H,12H2,1-4H3,(H,20,23)/b11-10+/t13-/m1/s1. The number of nitrogens with one attached hydrogen (secondary N) is 1. The number of benzene rings is 1. The minimum absolute atomic E-state index is 0.149. The van der Waals surface area contributed by atoms with E-state index in [-0.39, 0.29) is 18.6 Å². The van der Waals surface area contributed by atoms with Crippen LogP contribution in [-0.4, -0.2) is 28.3 Å². The van der Waals surface area contributed by atoms with Crippen LogP contribution in [0.2, 0.25) is 0 Å². The Kier molecular flexibility index (Phi) is 6.11. The molecule has 6 nitrogen and oxygen atoms in total. The van der Waals surface area contributed by atoms with Crippen molar-refractivity contribution in [1.29, 1.82) is 0 Å². The van der Waals surface area contributed by atoms with Crippen LogP contribution in [-0.2, 0) is 21.4 Å². The first-order chi connectivity index (χ1) is 11.9. The molecular formula is C19H23N3O3. The molecule has 132 valence electrons. The molecule has 0 aliphatic rings. The number of amides is 1. The molecule has 0 spiro atoms. The lowest BCUT2D eigenvalue weighted by molar-refractivity contribution is -0.144. The average molecular weight is 341 g/mol. The summed E-state index contributed by atoms with van der Waals surface area (Å²) in [6.07, 6.45) is 2.97. The molecule has 1 aromatic carbocycles. The first-order valence-corrected chi connectivity index (χ1v) is 8.08. The number of carbonyl (C=O) groups excluding carboxylic acids is 2. The highest BCUT2D eigenvalue weighted by Gasteiger charge is 2.11. The van der Waals surface area contributed by atoms with Crippen molar-refractivity contribution in [2.75, 3.05) is 6.61 Å². The first-order valence-electron chi connectivity index (χ1n) is 8.08. The number of hydrogen-bond donors (Lipinski definition) is 1. The number of aromatic nitrogens is 2. The molecule has 0 radical (unpaired) electrons. The third-order valence-electron chi connectivity index (χ3n) is 3.97. The predicted molar refractivity (Wildman–Crippen MR) is 95.7 cm³/mol. The molecule has 0 unspecified atom stereocenters. The Hall–Kier alpha value is -2.89. The Labute approximate surface area is 147 Å². The molecular weight excluding hydrogens is 318 g/mol. The number of carbonyl (C=O) groups is 2. The molecule has 1 amide bonds. The molecule has 1 atom stereocenters. The maximum Gasteiger partial charge on any atom is 0.331 e. The van der Waals surface area contributed by atoms with Crippen LogP contribution in [0.15, 0.2) is 36.4 Å². The van der Waals surface area contributed by atoms with Gasteiger partial charge in [0.25, 0.3) is 5.91 Å². The lowest BCUT2D eigenvalue weighted by atomic mass is 10.1. The van der Waals surface area contributed by atoms with Crippen molar-refractivity contribution in [2.24, 2.45) is 7.05 Å². The molecule has 25 heavy (non-hydrogen) atoms. The minimum atomic E-state index is -0.565. The van der Waals surface area contributed by atoms with Gasteiger partial charge in [0.15, 0.2) is 6.61 Å². The van der Waals surface area contributed by atoms with E-state index < -0.39 is 5.97 Å². The van der Waals surface area contributed by atoms with Gasteiger partial charge in [0.1, 0.15) is 0 Å². The summed E-state index contributed by atoms with van der Waals surface area (Å²) in [7, 11) is 1.84. The summed E-state index contributed by atoms with van der Waals surface area (Å²) in [5.41, 5.74) is 3.65. The summed E-state index contributed by atoms with van der Waals surface area (Å²) in [6, 6.07) is 9.44. The van der Waals surface area contributed by atoms with E-state index in [1.165, 1.54) is 6.08 Å². The van der Waals surface area contributed by atoms with Crippen LogP contribution < -0.4 is 5.32 Å². The number of aryl methyl sites for hydroxylation is 2. The van der Waals surface area contributed by atoms with Gasteiger partial charge >= 0.3 is 5.97 Å². The van der Waals surface area contributed by atoms with E-state index in [1.807, 2.05) is 58.2 Å². The van der Waals surface area contributed by atoms with Crippen molar-refractivity contribution in [3.63, 3.8) is 0 Å². The SMILES string of the molecule is Cc1nn(C)c(C)c1/C=C/C(=O)OCC(=O)N[C@H](C)c1ccccc1. The zero-order valence-electron chi connectivity index (χ0n) is 14.9. The maximum absolute atomic E-state index is 11.9. The van der Waals surface area contributed by atoms with Gasteiger partial charge in [-0.2, -0.15) is 5.10 Å². The van der Waals surface area contributed by atoms with E-state index in [1.54, 1.807) is 10.8 Å². The zero-order valence-corrected chi connectivity index (χ0v) is 14.9. The van der Waals surface area contributed by atoms with Crippen LogP contribution in [0.3, 0.4) is 0 Å². The third-order valence-corrected chi connectivity index (χ3v) is 3.97. The van der Waals surface area contributed by atoms with Gasteiger partial charge in [0, 0.05) is 24.4 Å². The summed E-state index contributed by atoms with van der Waals surface area (Å²) < 4.78 is 6.73. The number of ether oxygens (including phenoxy) is 1. The lowest BCUT2D eigenvalue weighted by Gasteiger charge is -2.13. The highest BCUT2D eigenvalue weighted by atomic mass is 16.5. The van der Waals surface area contributed by atoms with Crippen LogP contribution in [0.4, 0.5) is 0 Å². The van der Waals surface area contributed by atoms with E-state index in [0.29, 0.717) is 0 Å². The smallest absolute Gasteiger partial charge is 0.331 e. The molecule has 6 heteroatoms. The lowest BCUT2D eigenvalue weighted by Crippen LogP contribution is -2.30. The summed E-state index contributed by atoms with van der Waals surface area (Å²) in [4.78, 5) is 23.7. The van der Waals surface area contributed by atoms with Crippen LogP contribution in [0, 0.1) is 13.8 Å². The summed E-state index contributed by atoms with van der Waals surface area (Å²) in [5, 5.41) is 7.07. The first kappa shape index (κ1) is 18.4. The number of nitrogens with zero attached hydrogens (tertiary/aromatic N) is 2. The predicted octanol–water partition coefficient (Wildman–Crippen LogP) is 2.47. The Balaban J connectivity index is 1.83. The number of hydrogen-bond acceptors (Lipinski definition) is 4. The fourth-order valence-electron chi connectivity index (χ4n) is 2.48. The quantitative estimate of drug-likeness (QED) is 0.647. The van der Waals surface area contributed by atoms with Crippen molar-refractivity contribution in [3.05, 3.63) is 58.9 Å². The second kappa shape index (κ2) is 8.28. The van der Waals surface area contributed by atoms with Gasteiger partial charge in [0.2, 0.25) is 0 Å². The van der Waals surface area contributed by atoms with E-state index >= 15 is 0 Å². The minimum Gasteiger partial charge on any atom is -0.452 e. The van der Waals surface area contributed by atoms with Crippen molar-refractivity contribution < 1.29 is 14.3 Å². The Morgan fingerprint density at radius 1 is 1.28 bits per heavy atom. The van der Waals surface area contributed by atoms with Crippen molar-refractivity contribution in [3.8, 4) is 0 Å². The molecule has 2 rings (SSSR count). The second-order valence-corrected chi connectivity index (χ2v) is 5.85. The normalized spacial score (nSPS) is 12.2. The third kappa shape index (κ3) is 5.04. The summed E-state index contributed by atoms with van der Waals surface area (Å²) in [6.45, 7) is 5.36. The van der Waals surface area contributed by atoms with Crippen molar-refractivity contribution in [2.45, 2.75) is 26.8 Å². The molecule has 1 heterocycles. The van der Waals surface area contributed by atoms with Gasteiger partial charge < -0.3 is 10.1 Å². The van der Waals surface area contributed by atoms with Crippen LogP contribution in [0.1, 0.15) is 35.5 Å². The topological polar surface area (TPSA) is 73.2 Å². The molecule has 0 aliphatic carbocycles. The molecule has 1 aromatic heterocycles. The van der Waals surface area contributed by atoms with E-state index in [2.05, 4.69) is 10.4 Å². The molecule has 0 saturated heterocycles.